The minimum atomic E-state index is -0.570. The number of hydrogen-bond acceptors (Lipinski definition) is 7. The Hall–Kier alpha value is -3.99. The van der Waals surface area contributed by atoms with Crippen LogP contribution in [0.15, 0.2) is 40.9 Å². The van der Waals surface area contributed by atoms with Crippen LogP contribution in [0.3, 0.4) is 0 Å². The van der Waals surface area contributed by atoms with Gasteiger partial charge < -0.3 is 20.0 Å². The van der Waals surface area contributed by atoms with Gasteiger partial charge in [0.2, 0.25) is 0 Å². The van der Waals surface area contributed by atoms with E-state index in [1.807, 2.05) is 25.1 Å². The molecule has 0 spiro atoms. The highest BCUT2D eigenvalue weighted by Gasteiger charge is 2.24. The normalized spacial score (nSPS) is 11.0. The molecule has 0 atom stereocenters. The molecule has 0 aliphatic carbocycles. The number of aryl methyl sites for hydroxylation is 3. The van der Waals surface area contributed by atoms with E-state index >= 15 is 0 Å². The Bertz CT molecular complexity index is 1350. The number of hydrogen-bond donors (Lipinski definition) is 1. The van der Waals surface area contributed by atoms with Gasteiger partial charge >= 0.3 is 5.82 Å². The van der Waals surface area contributed by atoms with Crippen LogP contribution in [0.2, 0.25) is 5.02 Å². The molecule has 0 aliphatic rings. The second kappa shape index (κ2) is 8.87. The third-order valence-electron chi connectivity index (χ3n) is 5.11. The standard InChI is InChI=1S/C21H20ClN7O4/c1-12-7-18(24-27(12)10-15-5-4-6-16(22)9-15)23-21(30)20-17(14(3)33-26-20)11-28-13(2)8-19(25-28)29(31)32/h4-9H,10-11H2,1-3H3,(H,23,24,30). The third kappa shape index (κ3) is 4.77. The van der Waals surface area contributed by atoms with Gasteiger partial charge in [-0.2, -0.15) is 9.78 Å². The summed E-state index contributed by atoms with van der Waals surface area (Å²) < 4.78 is 8.40. The van der Waals surface area contributed by atoms with Crippen LogP contribution in [0.5, 0.6) is 0 Å². The molecule has 33 heavy (non-hydrogen) atoms. The topological polar surface area (TPSA) is 134 Å². The van der Waals surface area contributed by atoms with E-state index in [0.717, 1.165) is 11.3 Å². The number of aromatic nitrogens is 5. The van der Waals surface area contributed by atoms with Crippen molar-refractivity contribution in [1.82, 2.24) is 24.7 Å². The van der Waals surface area contributed by atoms with Crippen LogP contribution in [0, 0.1) is 30.9 Å². The molecular weight excluding hydrogens is 450 g/mol. The smallest absolute Gasteiger partial charge is 0.361 e. The van der Waals surface area contributed by atoms with E-state index in [1.54, 1.807) is 30.7 Å². The zero-order valence-electron chi connectivity index (χ0n) is 18.1. The number of halogens is 1. The fourth-order valence-electron chi connectivity index (χ4n) is 3.36. The van der Waals surface area contributed by atoms with E-state index in [0.29, 0.717) is 34.4 Å². The molecule has 3 aromatic heterocycles. The number of carbonyl (C=O) groups is 1. The molecule has 3 heterocycles. The molecule has 4 rings (SSSR count). The van der Waals surface area contributed by atoms with Gasteiger partial charge in [0.1, 0.15) is 5.76 Å². The monoisotopic (exact) mass is 469 g/mol. The summed E-state index contributed by atoms with van der Waals surface area (Å²) in [6.45, 7) is 5.83. The quantitative estimate of drug-likeness (QED) is 0.320. The first-order valence-corrected chi connectivity index (χ1v) is 10.3. The first-order chi connectivity index (χ1) is 15.7. The van der Waals surface area contributed by atoms with Gasteiger partial charge in [-0.1, -0.05) is 28.9 Å². The van der Waals surface area contributed by atoms with Crippen LogP contribution >= 0.6 is 11.6 Å². The molecule has 0 unspecified atom stereocenters. The van der Waals surface area contributed by atoms with Gasteiger partial charge in [0.25, 0.3) is 5.91 Å². The van der Waals surface area contributed by atoms with Crippen molar-refractivity contribution in [1.29, 1.82) is 0 Å². The molecule has 12 heteroatoms. The highest BCUT2D eigenvalue weighted by Crippen LogP contribution is 2.20. The predicted molar refractivity (Wildman–Crippen MR) is 119 cm³/mol. The maximum atomic E-state index is 12.9. The molecule has 0 saturated carbocycles. The highest BCUT2D eigenvalue weighted by atomic mass is 35.5. The minimum absolute atomic E-state index is 0.0621. The molecule has 1 amide bonds. The summed E-state index contributed by atoms with van der Waals surface area (Å²) >= 11 is 6.05. The lowest BCUT2D eigenvalue weighted by Gasteiger charge is -2.05. The Morgan fingerprint density at radius 3 is 2.55 bits per heavy atom. The molecule has 11 nitrogen and oxygen atoms in total. The summed E-state index contributed by atoms with van der Waals surface area (Å²) in [7, 11) is 0. The lowest BCUT2D eigenvalue weighted by molar-refractivity contribution is -0.389. The van der Waals surface area contributed by atoms with Crippen molar-refractivity contribution >= 4 is 29.1 Å². The number of nitrogens with zero attached hydrogens (tertiary/aromatic N) is 6. The predicted octanol–water partition coefficient (Wildman–Crippen LogP) is 3.90. The summed E-state index contributed by atoms with van der Waals surface area (Å²) in [5, 5.41) is 26.7. The number of benzene rings is 1. The van der Waals surface area contributed by atoms with Gasteiger partial charge in [-0.05, 0) is 43.4 Å². The minimum Gasteiger partial charge on any atom is -0.361 e. The summed E-state index contributed by atoms with van der Waals surface area (Å²) in [5.74, 6) is -0.000649. The van der Waals surface area contributed by atoms with Crippen LogP contribution in [0.4, 0.5) is 11.6 Å². The van der Waals surface area contributed by atoms with Crippen LogP contribution in [-0.4, -0.2) is 35.5 Å². The van der Waals surface area contributed by atoms with Gasteiger partial charge in [0.15, 0.2) is 11.5 Å². The fraction of sp³-hybridized carbons (Fsp3) is 0.238. The lowest BCUT2D eigenvalue weighted by Crippen LogP contribution is -2.17. The second-order valence-corrected chi connectivity index (χ2v) is 7.97. The van der Waals surface area contributed by atoms with Crippen molar-refractivity contribution in [3.63, 3.8) is 0 Å². The van der Waals surface area contributed by atoms with E-state index in [2.05, 4.69) is 20.7 Å². The number of nitro groups is 1. The van der Waals surface area contributed by atoms with Crippen LogP contribution in [0.1, 0.15) is 38.8 Å². The van der Waals surface area contributed by atoms with Gasteiger partial charge in [0, 0.05) is 16.8 Å². The average Bonchev–Trinajstić information content (AvgIpc) is 3.41. The molecule has 1 N–H and O–H groups in total. The van der Waals surface area contributed by atoms with Crippen LogP contribution in [-0.2, 0) is 13.1 Å². The zero-order valence-corrected chi connectivity index (χ0v) is 18.8. The fourth-order valence-corrected chi connectivity index (χ4v) is 3.58. The number of carbonyl (C=O) groups excluding carboxylic acids is 1. The Labute approximate surface area is 193 Å². The highest BCUT2D eigenvalue weighted by molar-refractivity contribution is 6.30. The Kier molecular flexibility index (Phi) is 5.97. The van der Waals surface area contributed by atoms with Crippen LogP contribution < -0.4 is 5.32 Å². The number of rotatable bonds is 7. The molecule has 0 radical (unpaired) electrons. The van der Waals surface area contributed by atoms with Crippen molar-refractivity contribution in [2.75, 3.05) is 5.32 Å². The first-order valence-electron chi connectivity index (χ1n) is 9.95. The Balaban J connectivity index is 1.52. The Morgan fingerprint density at radius 2 is 1.85 bits per heavy atom. The average molecular weight is 470 g/mol. The van der Waals surface area contributed by atoms with Gasteiger partial charge in [0.05, 0.1) is 35.5 Å². The maximum absolute atomic E-state index is 12.9. The van der Waals surface area contributed by atoms with Crippen molar-refractivity contribution in [2.24, 2.45) is 0 Å². The number of nitrogens with one attached hydrogen (secondary N) is 1. The van der Waals surface area contributed by atoms with E-state index in [-0.39, 0.29) is 18.1 Å². The van der Waals surface area contributed by atoms with Crippen molar-refractivity contribution in [3.05, 3.63) is 85.5 Å². The van der Waals surface area contributed by atoms with E-state index in [9.17, 15) is 14.9 Å². The first kappa shape index (κ1) is 22.2. The molecule has 0 aliphatic heterocycles. The molecule has 170 valence electrons. The van der Waals surface area contributed by atoms with Crippen molar-refractivity contribution < 1.29 is 14.2 Å². The maximum Gasteiger partial charge on any atom is 0.390 e. The third-order valence-corrected chi connectivity index (χ3v) is 5.34. The number of amides is 1. The molecule has 0 saturated heterocycles. The summed E-state index contributed by atoms with van der Waals surface area (Å²) in [6, 6.07) is 10.6. The second-order valence-electron chi connectivity index (χ2n) is 7.54. The molecule has 0 fully saturated rings. The molecule has 1 aromatic carbocycles. The van der Waals surface area contributed by atoms with Gasteiger partial charge in [-0.25, -0.2) is 0 Å². The van der Waals surface area contributed by atoms with E-state index < -0.39 is 10.8 Å². The van der Waals surface area contributed by atoms with E-state index in [1.165, 1.54) is 10.7 Å². The largest absolute Gasteiger partial charge is 0.390 e. The summed E-state index contributed by atoms with van der Waals surface area (Å²) in [4.78, 5) is 23.3. The van der Waals surface area contributed by atoms with E-state index in [4.69, 9.17) is 16.1 Å². The summed E-state index contributed by atoms with van der Waals surface area (Å²) in [5.41, 5.74) is 2.94. The molecular formula is C21H20ClN7O4. The van der Waals surface area contributed by atoms with Crippen LogP contribution in [0.25, 0.3) is 0 Å². The zero-order chi connectivity index (χ0) is 23.7. The van der Waals surface area contributed by atoms with Gasteiger partial charge in [-0.15, -0.1) is 0 Å². The molecule has 0 bridgehead atoms. The van der Waals surface area contributed by atoms with Crippen molar-refractivity contribution in [3.8, 4) is 0 Å². The van der Waals surface area contributed by atoms with Gasteiger partial charge in [-0.3, -0.25) is 9.48 Å². The SMILES string of the molecule is Cc1onc(C(=O)Nc2cc(C)n(Cc3cccc(Cl)c3)n2)c1Cn1nc([N+](=O)[O-])cc1C. The van der Waals surface area contributed by atoms with Crippen molar-refractivity contribution in [2.45, 2.75) is 33.9 Å². The summed E-state index contributed by atoms with van der Waals surface area (Å²) in [6.07, 6.45) is 0. The lowest BCUT2D eigenvalue weighted by atomic mass is 10.2. The Morgan fingerprint density at radius 1 is 1.12 bits per heavy atom. The number of anilines is 1. The molecule has 4 aromatic rings.